The van der Waals surface area contributed by atoms with Crippen molar-refractivity contribution < 1.29 is 4.79 Å². The van der Waals surface area contributed by atoms with E-state index in [-0.39, 0.29) is 11.9 Å². The van der Waals surface area contributed by atoms with Crippen molar-refractivity contribution in [1.82, 2.24) is 5.32 Å². The largest absolute Gasteiger partial charge is 0.346 e. The number of carbonyl (C=O) groups is 1. The summed E-state index contributed by atoms with van der Waals surface area (Å²) in [7, 11) is 0. The van der Waals surface area contributed by atoms with E-state index >= 15 is 0 Å². The molecule has 0 spiro atoms. The number of benzene rings is 2. The van der Waals surface area contributed by atoms with Crippen LogP contribution < -0.4 is 5.32 Å². The molecular formula is C21H23NOS. The maximum atomic E-state index is 12.0. The van der Waals surface area contributed by atoms with Crippen LogP contribution in [0.15, 0.2) is 83.6 Å². The predicted octanol–water partition coefficient (Wildman–Crippen LogP) is 4.90. The lowest BCUT2D eigenvalue weighted by Gasteiger charge is -2.13. The molecule has 1 unspecified atom stereocenters. The summed E-state index contributed by atoms with van der Waals surface area (Å²) >= 11 is 1.54. The number of carbonyl (C=O) groups excluding carboxylic acids is 1. The Morgan fingerprint density at radius 3 is 2.54 bits per heavy atom. The second kappa shape index (κ2) is 9.78. The van der Waals surface area contributed by atoms with E-state index in [1.165, 1.54) is 22.9 Å². The summed E-state index contributed by atoms with van der Waals surface area (Å²) in [6.07, 6.45) is 5.13. The fraction of sp³-hybridized carbons (Fsp3) is 0.190. The monoisotopic (exact) mass is 337 g/mol. The van der Waals surface area contributed by atoms with Crippen LogP contribution in [0, 0.1) is 6.92 Å². The van der Waals surface area contributed by atoms with E-state index in [0.29, 0.717) is 0 Å². The minimum absolute atomic E-state index is 0.0215. The molecule has 0 aliphatic heterocycles. The summed E-state index contributed by atoms with van der Waals surface area (Å²) in [4.78, 5) is 13.1. The molecule has 2 nitrogen and oxygen atoms in total. The first-order valence-corrected chi connectivity index (χ1v) is 8.92. The molecule has 0 bridgehead atoms. The van der Waals surface area contributed by atoms with Crippen LogP contribution in [-0.4, -0.2) is 11.9 Å². The Morgan fingerprint density at radius 1 is 1.17 bits per heavy atom. The van der Waals surface area contributed by atoms with E-state index in [1.54, 1.807) is 12.2 Å². The van der Waals surface area contributed by atoms with E-state index in [9.17, 15) is 4.79 Å². The Kier molecular flexibility index (Phi) is 7.37. The minimum atomic E-state index is -0.0902. The molecule has 0 saturated heterocycles. The van der Waals surface area contributed by atoms with Gasteiger partial charge in [0.25, 0.3) is 0 Å². The minimum Gasteiger partial charge on any atom is -0.346 e. The fourth-order valence-corrected chi connectivity index (χ4v) is 2.88. The van der Waals surface area contributed by atoms with Gasteiger partial charge in [-0.1, -0.05) is 65.9 Å². The number of nitrogens with one attached hydrogen (secondary N) is 1. The maximum Gasteiger partial charge on any atom is 0.244 e. The molecule has 1 atom stereocenters. The van der Waals surface area contributed by atoms with Gasteiger partial charge < -0.3 is 5.32 Å². The van der Waals surface area contributed by atoms with Gasteiger partial charge in [0.1, 0.15) is 0 Å². The zero-order chi connectivity index (χ0) is 17.2. The molecule has 0 heterocycles. The van der Waals surface area contributed by atoms with Crippen LogP contribution in [0.25, 0.3) is 0 Å². The highest BCUT2D eigenvalue weighted by molar-refractivity contribution is 8.02. The molecule has 1 amide bonds. The molecule has 0 fully saturated rings. The van der Waals surface area contributed by atoms with Gasteiger partial charge in [0.2, 0.25) is 5.91 Å². The molecule has 0 aliphatic rings. The van der Waals surface area contributed by atoms with Crippen LogP contribution in [0.5, 0.6) is 0 Å². The maximum absolute atomic E-state index is 12.0. The Balaban J connectivity index is 1.77. The number of amides is 1. The van der Waals surface area contributed by atoms with Crippen molar-refractivity contribution in [2.45, 2.75) is 30.7 Å². The SMILES string of the molecule is C=CC(CCc1ccccc1)NC(=O)/C=C/Sc1ccc(C)cc1. The highest BCUT2D eigenvalue weighted by Crippen LogP contribution is 2.19. The zero-order valence-corrected chi connectivity index (χ0v) is 14.8. The molecule has 2 rings (SSSR count). The number of rotatable bonds is 8. The van der Waals surface area contributed by atoms with Gasteiger partial charge in [-0.2, -0.15) is 0 Å². The molecule has 2 aromatic rings. The van der Waals surface area contributed by atoms with Crippen LogP contribution >= 0.6 is 11.8 Å². The third kappa shape index (κ3) is 6.47. The normalized spacial score (nSPS) is 12.0. The quantitative estimate of drug-likeness (QED) is 0.421. The molecule has 24 heavy (non-hydrogen) atoms. The second-order valence-corrected chi connectivity index (χ2v) is 6.59. The Morgan fingerprint density at radius 2 is 1.88 bits per heavy atom. The lowest BCUT2D eigenvalue weighted by atomic mass is 10.1. The van der Waals surface area contributed by atoms with E-state index in [0.717, 1.165) is 17.7 Å². The van der Waals surface area contributed by atoms with E-state index < -0.39 is 0 Å². The molecule has 0 aliphatic carbocycles. The first kappa shape index (κ1) is 18.1. The fourth-order valence-electron chi connectivity index (χ4n) is 2.24. The molecule has 1 N–H and O–H groups in total. The first-order chi connectivity index (χ1) is 11.7. The van der Waals surface area contributed by atoms with E-state index in [4.69, 9.17) is 0 Å². The lowest BCUT2D eigenvalue weighted by Crippen LogP contribution is -2.32. The number of aryl methyl sites for hydroxylation is 2. The van der Waals surface area contributed by atoms with E-state index in [1.807, 2.05) is 23.6 Å². The molecule has 124 valence electrons. The van der Waals surface area contributed by atoms with Crippen molar-refractivity contribution in [2.75, 3.05) is 0 Å². The topological polar surface area (TPSA) is 29.1 Å². The van der Waals surface area contributed by atoms with Gasteiger partial charge in [-0.25, -0.2) is 0 Å². The van der Waals surface area contributed by atoms with Crippen molar-refractivity contribution in [3.63, 3.8) is 0 Å². The molecule has 0 aromatic heterocycles. The van der Waals surface area contributed by atoms with Crippen molar-refractivity contribution >= 4 is 17.7 Å². The van der Waals surface area contributed by atoms with Crippen molar-refractivity contribution in [3.05, 3.63) is 89.9 Å². The summed E-state index contributed by atoms with van der Waals surface area (Å²) in [6.45, 7) is 5.88. The van der Waals surface area contributed by atoms with Gasteiger partial charge >= 0.3 is 0 Å². The average Bonchev–Trinajstić information content (AvgIpc) is 2.61. The molecular weight excluding hydrogens is 314 g/mol. The Hall–Kier alpha value is -2.26. The van der Waals surface area contributed by atoms with Gasteiger partial charge in [-0.15, -0.1) is 6.58 Å². The summed E-state index contributed by atoms with van der Waals surface area (Å²) < 4.78 is 0. The first-order valence-electron chi connectivity index (χ1n) is 8.04. The number of thioether (sulfide) groups is 1. The van der Waals surface area contributed by atoms with Gasteiger partial charge in [0, 0.05) is 17.0 Å². The summed E-state index contributed by atoms with van der Waals surface area (Å²) in [5.74, 6) is -0.0902. The van der Waals surface area contributed by atoms with Crippen LogP contribution in [0.4, 0.5) is 0 Å². The van der Waals surface area contributed by atoms with Crippen molar-refractivity contribution in [2.24, 2.45) is 0 Å². The molecule has 2 aromatic carbocycles. The molecule has 0 saturated carbocycles. The van der Waals surface area contributed by atoms with Crippen LogP contribution in [-0.2, 0) is 11.2 Å². The highest BCUT2D eigenvalue weighted by Gasteiger charge is 2.06. The van der Waals surface area contributed by atoms with Gasteiger partial charge in [-0.3, -0.25) is 4.79 Å². The third-order valence-electron chi connectivity index (χ3n) is 3.64. The summed E-state index contributed by atoms with van der Waals surface area (Å²) in [6, 6.07) is 18.5. The zero-order valence-electron chi connectivity index (χ0n) is 13.9. The predicted molar refractivity (Wildman–Crippen MR) is 103 cm³/mol. The Bertz CT molecular complexity index is 677. The summed E-state index contributed by atoms with van der Waals surface area (Å²) in [5.41, 5.74) is 2.50. The highest BCUT2D eigenvalue weighted by atomic mass is 32.2. The Labute approximate surface area is 148 Å². The summed E-state index contributed by atoms with van der Waals surface area (Å²) in [5, 5.41) is 4.79. The lowest BCUT2D eigenvalue weighted by molar-refractivity contribution is -0.116. The van der Waals surface area contributed by atoms with Crippen LogP contribution in [0.2, 0.25) is 0 Å². The van der Waals surface area contributed by atoms with Crippen LogP contribution in [0.1, 0.15) is 17.5 Å². The van der Waals surface area contributed by atoms with Gasteiger partial charge in [0.05, 0.1) is 0 Å². The molecule has 3 heteroatoms. The van der Waals surface area contributed by atoms with E-state index in [2.05, 4.69) is 55.2 Å². The van der Waals surface area contributed by atoms with Crippen LogP contribution in [0.3, 0.4) is 0 Å². The smallest absolute Gasteiger partial charge is 0.244 e. The third-order valence-corrected chi connectivity index (χ3v) is 4.46. The van der Waals surface area contributed by atoms with Crippen molar-refractivity contribution in [1.29, 1.82) is 0 Å². The van der Waals surface area contributed by atoms with Crippen molar-refractivity contribution in [3.8, 4) is 0 Å². The number of hydrogen-bond acceptors (Lipinski definition) is 2. The molecule has 0 radical (unpaired) electrons. The van der Waals surface area contributed by atoms with Gasteiger partial charge in [0.15, 0.2) is 0 Å². The van der Waals surface area contributed by atoms with Gasteiger partial charge in [-0.05, 0) is 42.9 Å². The number of hydrogen-bond donors (Lipinski definition) is 1. The standard InChI is InChI=1S/C21H23NOS/c1-3-19(12-11-18-7-5-4-6-8-18)22-21(23)15-16-24-20-13-9-17(2)10-14-20/h3-10,13-16,19H,1,11-12H2,2H3,(H,22,23)/b16-15+. The average molecular weight is 337 g/mol. The second-order valence-electron chi connectivity index (χ2n) is 5.61.